The molecule has 15 heavy (non-hydrogen) atoms. The fourth-order valence-electron chi connectivity index (χ4n) is 2.05. The van der Waals surface area contributed by atoms with E-state index in [1.165, 1.54) is 11.1 Å². The van der Waals surface area contributed by atoms with Crippen LogP contribution in [-0.4, -0.2) is 23.1 Å². The van der Waals surface area contributed by atoms with Gasteiger partial charge in [-0.05, 0) is 23.2 Å². The summed E-state index contributed by atoms with van der Waals surface area (Å²) in [5.74, 6) is 0. The van der Waals surface area contributed by atoms with Crippen molar-refractivity contribution in [3.8, 4) is 0 Å². The summed E-state index contributed by atoms with van der Waals surface area (Å²) < 4.78 is 0. The first-order chi connectivity index (χ1) is 7.24. The van der Waals surface area contributed by atoms with E-state index in [2.05, 4.69) is 24.0 Å². The summed E-state index contributed by atoms with van der Waals surface area (Å²) in [6.45, 7) is 5.56. The topological polar surface area (TPSA) is 49.5 Å². The van der Waals surface area contributed by atoms with E-state index in [0.717, 1.165) is 25.2 Å². The number of hydrogen-bond donors (Lipinski definition) is 2. The summed E-state index contributed by atoms with van der Waals surface area (Å²) in [4.78, 5) is 2.38. The van der Waals surface area contributed by atoms with Crippen molar-refractivity contribution < 1.29 is 5.11 Å². The van der Waals surface area contributed by atoms with Crippen molar-refractivity contribution in [2.45, 2.75) is 26.1 Å². The zero-order valence-electron chi connectivity index (χ0n) is 9.11. The Bertz CT molecular complexity index is 351. The van der Waals surface area contributed by atoms with Crippen molar-refractivity contribution >= 4 is 0 Å². The lowest BCUT2D eigenvalue weighted by atomic mass is 10.0. The van der Waals surface area contributed by atoms with E-state index in [1.807, 2.05) is 6.07 Å². The number of aliphatic hydroxyl groups is 1. The summed E-state index contributed by atoms with van der Waals surface area (Å²) >= 11 is 0. The molecule has 3 N–H and O–H groups in total. The Kier molecular flexibility index (Phi) is 3.05. The molecule has 2 rings (SSSR count). The van der Waals surface area contributed by atoms with Gasteiger partial charge in [0.05, 0.1) is 6.10 Å². The first-order valence-electron chi connectivity index (χ1n) is 5.46. The predicted molar refractivity (Wildman–Crippen MR) is 60.2 cm³/mol. The van der Waals surface area contributed by atoms with Gasteiger partial charge in [-0.3, -0.25) is 4.90 Å². The molecule has 3 heteroatoms. The molecule has 1 aromatic carbocycles. The minimum Gasteiger partial charge on any atom is -0.387 e. The number of fused-ring (bicyclic) bond motifs is 1. The maximum atomic E-state index is 9.65. The number of nitrogens with two attached hydrogens (primary N) is 1. The van der Waals surface area contributed by atoms with Crippen LogP contribution in [0.3, 0.4) is 0 Å². The molecule has 1 unspecified atom stereocenters. The van der Waals surface area contributed by atoms with Crippen LogP contribution >= 0.6 is 0 Å². The first kappa shape index (κ1) is 10.6. The molecular formula is C12H18N2O. The van der Waals surface area contributed by atoms with Gasteiger partial charge in [-0.1, -0.05) is 25.1 Å². The van der Waals surface area contributed by atoms with Crippen molar-refractivity contribution in [2.75, 3.05) is 13.1 Å². The second kappa shape index (κ2) is 4.31. The van der Waals surface area contributed by atoms with Gasteiger partial charge >= 0.3 is 0 Å². The van der Waals surface area contributed by atoms with Gasteiger partial charge in [-0.2, -0.15) is 0 Å². The van der Waals surface area contributed by atoms with E-state index in [1.54, 1.807) is 0 Å². The highest BCUT2D eigenvalue weighted by atomic mass is 16.3. The highest BCUT2D eigenvalue weighted by Gasteiger charge is 2.18. The van der Waals surface area contributed by atoms with Crippen LogP contribution in [0.2, 0.25) is 0 Å². The lowest BCUT2D eigenvalue weighted by Gasteiger charge is -2.10. The molecule has 1 aliphatic rings. The fourth-order valence-corrected chi connectivity index (χ4v) is 2.05. The average molecular weight is 206 g/mol. The molecule has 1 heterocycles. The van der Waals surface area contributed by atoms with Crippen LogP contribution in [0.4, 0.5) is 0 Å². The van der Waals surface area contributed by atoms with E-state index in [0.29, 0.717) is 0 Å². The second-order valence-electron chi connectivity index (χ2n) is 4.08. The monoisotopic (exact) mass is 206 g/mol. The fraction of sp³-hybridized carbons (Fsp3) is 0.500. The minimum atomic E-state index is -0.522. The van der Waals surface area contributed by atoms with Crippen LogP contribution < -0.4 is 5.73 Å². The molecule has 1 aliphatic heterocycles. The SMILES string of the molecule is CCN1Cc2ccc(C(O)CN)cc2C1. The van der Waals surface area contributed by atoms with E-state index < -0.39 is 6.10 Å². The molecule has 0 amide bonds. The van der Waals surface area contributed by atoms with Gasteiger partial charge in [0, 0.05) is 19.6 Å². The van der Waals surface area contributed by atoms with Gasteiger partial charge in [-0.15, -0.1) is 0 Å². The van der Waals surface area contributed by atoms with Crippen LogP contribution in [0.5, 0.6) is 0 Å². The van der Waals surface area contributed by atoms with E-state index in [-0.39, 0.29) is 6.54 Å². The Hall–Kier alpha value is -0.900. The van der Waals surface area contributed by atoms with Gasteiger partial charge in [-0.25, -0.2) is 0 Å². The third-order valence-electron chi connectivity index (χ3n) is 3.07. The highest BCUT2D eigenvalue weighted by molar-refractivity contribution is 5.35. The third-order valence-corrected chi connectivity index (χ3v) is 3.07. The van der Waals surface area contributed by atoms with Gasteiger partial charge in [0.2, 0.25) is 0 Å². The Labute approximate surface area is 90.5 Å². The average Bonchev–Trinajstić information content (AvgIpc) is 2.69. The van der Waals surface area contributed by atoms with Crippen molar-refractivity contribution in [3.63, 3.8) is 0 Å². The van der Waals surface area contributed by atoms with Crippen LogP contribution in [0.1, 0.15) is 29.7 Å². The van der Waals surface area contributed by atoms with Gasteiger partial charge in [0.1, 0.15) is 0 Å². The second-order valence-corrected chi connectivity index (χ2v) is 4.08. The van der Waals surface area contributed by atoms with Crippen molar-refractivity contribution in [1.29, 1.82) is 0 Å². The summed E-state index contributed by atoms with van der Waals surface area (Å²) in [5.41, 5.74) is 9.10. The number of hydrogen-bond acceptors (Lipinski definition) is 3. The number of benzene rings is 1. The molecule has 0 bridgehead atoms. The maximum absolute atomic E-state index is 9.65. The molecule has 1 aromatic rings. The molecule has 0 saturated carbocycles. The number of aliphatic hydroxyl groups excluding tert-OH is 1. The first-order valence-corrected chi connectivity index (χ1v) is 5.46. The molecule has 0 fully saturated rings. The van der Waals surface area contributed by atoms with E-state index in [4.69, 9.17) is 5.73 Å². The summed E-state index contributed by atoms with van der Waals surface area (Å²) in [7, 11) is 0. The minimum absolute atomic E-state index is 0.288. The molecule has 1 atom stereocenters. The van der Waals surface area contributed by atoms with Gasteiger partial charge in [0.25, 0.3) is 0 Å². The number of rotatable bonds is 3. The van der Waals surface area contributed by atoms with E-state index in [9.17, 15) is 5.11 Å². The summed E-state index contributed by atoms with van der Waals surface area (Å²) in [6, 6.07) is 6.18. The lowest BCUT2D eigenvalue weighted by molar-refractivity contribution is 0.186. The standard InChI is InChI=1S/C12H18N2O/c1-2-14-7-10-4-3-9(12(15)6-13)5-11(10)8-14/h3-5,12,15H,2,6-8,13H2,1H3. The maximum Gasteiger partial charge on any atom is 0.0912 e. The van der Waals surface area contributed by atoms with Gasteiger partial charge < -0.3 is 10.8 Å². The molecule has 0 saturated heterocycles. The number of nitrogens with zero attached hydrogens (tertiary/aromatic N) is 1. The zero-order valence-corrected chi connectivity index (χ0v) is 9.11. The van der Waals surface area contributed by atoms with Crippen molar-refractivity contribution in [1.82, 2.24) is 4.90 Å². The molecule has 0 radical (unpaired) electrons. The Morgan fingerprint density at radius 3 is 2.80 bits per heavy atom. The Morgan fingerprint density at radius 1 is 1.40 bits per heavy atom. The Balaban J connectivity index is 2.22. The Morgan fingerprint density at radius 2 is 2.13 bits per heavy atom. The lowest BCUT2D eigenvalue weighted by Crippen LogP contribution is -2.14. The molecule has 3 nitrogen and oxygen atoms in total. The molecular weight excluding hydrogens is 188 g/mol. The predicted octanol–water partition coefficient (Wildman–Crippen LogP) is 1.01. The summed E-state index contributed by atoms with van der Waals surface area (Å²) in [6.07, 6.45) is -0.522. The quantitative estimate of drug-likeness (QED) is 0.776. The summed E-state index contributed by atoms with van der Waals surface area (Å²) in [5, 5.41) is 9.65. The zero-order chi connectivity index (χ0) is 10.8. The van der Waals surface area contributed by atoms with Gasteiger partial charge in [0.15, 0.2) is 0 Å². The molecule has 0 aliphatic carbocycles. The van der Waals surface area contributed by atoms with Crippen molar-refractivity contribution in [2.24, 2.45) is 5.73 Å². The third kappa shape index (κ3) is 2.04. The van der Waals surface area contributed by atoms with Crippen molar-refractivity contribution in [3.05, 3.63) is 34.9 Å². The van der Waals surface area contributed by atoms with Crippen LogP contribution in [0, 0.1) is 0 Å². The largest absolute Gasteiger partial charge is 0.387 e. The molecule has 82 valence electrons. The van der Waals surface area contributed by atoms with Crippen LogP contribution in [0.25, 0.3) is 0 Å². The van der Waals surface area contributed by atoms with Crippen LogP contribution in [0.15, 0.2) is 18.2 Å². The highest BCUT2D eigenvalue weighted by Crippen LogP contribution is 2.25. The normalized spacial score (nSPS) is 17.8. The smallest absolute Gasteiger partial charge is 0.0912 e. The molecule has 0 spiro atoms. The van der Waals surface area contributed by atoms with Crippen LogP contribution in [-0.2, 0) is 13.1 Å². The van der Waals surface area contributed by atoms with E-state index >= 15 is 0 Å². The molecule has 0 aromatic heterocycles.